The van der Waals surface area contributed by atoms with E-state index in [0.29, 0.717) is 38.2 Å². The fraction of sp³-hybridized carbons (Fsp3) is 0.824. The number of amides is 1. The maximum atomic E-state index is 12.0. The van der Waals surface area contributed by atoms with Gasteiger partial charge in [-0.15, -0.1) is 0 Å². The summed E-state index contributed by atoms with van der Waals surface area (Å²) in [6.07, 6.45) is 1.07. The molecule has 2 unspecified atom stereocenters. The van der Waals surface area contributed by atoms with E-state index >= 15 is 0 Å². The number of carbonyl (C=O) groups is 1. The summed E-state index contributed by atoms with van der Waals surface area (Å²) in [7, 11) is 0. The first-order valence-corrected chi connectivity index (χ1v) is 9.22. The lowest BCUT2D eigenvalue weighted by molar-refractivity contribution is -0.124. The summed E-state index contributed by atoms with van der Waals surface area (Å²) >= 11 is 0. The number of unbranched alkanes of at least 4 members (excludes halogenated alkanes) is 1. The molecule has 0 heterocycles. The standard InChI is InChI=1S/C17H35N3O7/c1-2-26-10-7-15(22)20-14(17(25)19-8-9-21)6-4-3-5-13(11-18)27-12-16(23)24/h5,14,16-17,19,21,23-25H,2-4,6-12,18H2,1H3,(H,20,22). The molecule has 0 aliphatic carbocycles. The van der Waals surface area contributed by atoms with Crippen LogP contribution < -0.4 is 16.4 Å². The van der Waals surface area contributed by atoms with Gasteiger partial charge >= 0.3 is 0 Å². The number of aliphatic hydroxyl groups is 4. The van der Waals surface area contributed by atoms with Crippen molar-refractivity contribution < 1.29 is 34.7 Å². The number of hydrogen-bond acceptors (Lipinski definition) is 9. The first kappa shape index (κ1) is 25.7. The van der Waals surface area contributed by atoms with E-state index in [1.54, 1.807) is 6.08 Å². The molecule has 0 saturated heterocycles. The molecule has 2 atom stereocenters. The molecule has 0 aromatic heterocycles. The molecule has 10 heteroatoms. The van der Waals surface area contributed by atoms with E-state index in [4.69, 9.17) is 30.5 Å². The third-order valence-corrected chi connectivity index (χ3v) is 3.58. The summed E-state index contributed by atoms with van der Waals surface area (Å²) in [4.78, 5) is 12.0. The molecule has 27 heavy (non-hydrogen) atoms. The molecule has 0 bridgehead atoms. The molecular weight excluding hydrogens is 358 g/mol. The van der Waals surface area contributed by atoms with E-state index in [-0.39, 0.29) is 38.6 Å². The third-order valence-electron chi connectivity index (χ3n) is 3.58. The Labute approximate surface area is 160 Å². The van der Waals surface area contributed by atoms with Gasteiger partial charge in [0.15, 0.2) is 6.29 Å². The number of hydrogen-bond donors (Lipinski definition) is 7. The van der Waals surface area contributed by atoms with Crippen molar-refractivity contribution in [3.05, 3.63) is 11.8 Å². The van der Waals surface area contributed by atoms with Crippen molar-refractivity contribution in [2.75, 3.05) is 39.5 Å². The summed E-state index contributed by atoms with van der Waals surface area (Å²) in [6, 6.07) is -0.527. The van der Waals surface area contributed by atoms with Crippen molar-refractivity contribution in [2.24, 2.45) is 5.73 Å². The number of allylic oxidation sites excluding steroid dienone is 1. The molecule has 160 valence electrons. The van der Waals surface area contributed by atoms with E-state index < -0.39 is 18.6 Å². The highest BCUT2D eigenvalue weighted by Gasteiger charge is 2.20. The lowest BCUT2D eigenvalue weighted by Crippen LogP contribution is -2.50. The predicted molar refractivity (Wildman–Crippen MR) is 99.3 cm³/mol. The Morgan fingerprint density at radius 1 is 1.30 bits per heavy atom. The van der Waals surface area contributed by atoms with Gasteiger partial charge < -0.3 is 41.0 Å². The number of nitrogens with two attached hydrogens (primary N) is 1. The molecule has 1 amide bonds. The molecule has 0 aliphatic rings. The van der Waals surface area contributed by atoms with Gasteiger partial charge in [-0.3, -0.25) is 10.1 Å². The minimum absolute atomic E-state index is 0.126. The van der Waals surface area contributed by atoms with Gasteiger partial charge in [-0.05, 0) is 32.3 Å². The van der Waals surface area contributed by atoms with Crippen LogP contribution in [0.1, 0.15) is 32.6 Å². The van der Waals surface area contributed by atoms with E-state index in [0.717, 1.165) is 0 Å². The molecule has 0 saturated carbocycles. The first-order valence-electron chi connectivity index (χ1n) is 9.22. The lowest BCUT2D eigenvalue weighted by Gasteiger charge is -2.25. The second-order valence-electron chi connectivity index (χ2n) is 5.84. The highest BCUT2D eigenvalue weighted by Crippen LogP contribution is 2.08. The van der Waals surface area contributed by atoms with Crippen molar-refractivity contribution in [2.45, 2.75) is 51.2 Å². The zero-order valence-electron chi connectivity index (χ0n) is 16.0. The molecule has 0 aliphatic heterocycles. The smallest absolute Gasteiger partial charge is 0.222 e. The second kappa shape index (κ2) is 16.9. The summed E-state index contributed by atoms with van der Waals surface area (Å²) in [5, 5.41) is 42.1. The zero-order chi connectivity index (χ0) is 20.5. The van der Waals surface area contributed by atoms with Crippen molar-refractivity contribution in [3.63, 3.8) is 0 Å². The number of aliphatic hydroxyl groups excluding tert-OH is 3. The SMILES string of the molecule is CCOCCC(=O)NC(CCCC=C(CN)OCC(O)O)C(O)NCCO. The zero-order valence-corrected chi connectivity index (χ0v) is 16.0. The summed E-state index contributed by atoms with van der Waals surface area (Å²) in [5.74, 6) is 0.219. The number of ether oxygens (including phenoxy) is 2. The van der Waals surface area contributed by atoms with Crippen LogP contribution in [-0.4, -0.2) is 84.4 Å². The Kier molecular flexibility index (Phi) is 16.1. The van der Waals surface area contributed by atoms with Crippen LogP contribution in [0.3, 0.4) is 0 Å². The average Bonchev–Trinajstić information content (AvgIpc) is 2.64. The maximum absolute atomic E-state index is 12.0. The van der Waals surface area contributed by atoms with E-state index in [1.807, 2.05) is 6.92 Å². The number of carbonyl (C=O) groups excluding carboxylic acids is 1. The molecule has 0 aromatic rings. The van der Waals surface area contributed by atoms with Gasteiger partial charge in [0.05, 0.1) is 25.8 Å². The van der Waals surface area contributed by atoms with Crippen molar-refractivity contribution >= 4 is 5.91 Å². The van der Waals surface area contributed by atoms with Crippen LogP contribution in [0.4, 0.5) is 0 Å². The van der Waals surface area contributed by atoms with Crippen molar-refractivity contribution in [1.82, 2.24) is 10.6 Å². The average molecular weight is 393 g/mol. The molecular formula is C17H35N3O7. The molecule has 0 fully saturated rings. The fourth-order valence-electron chi connectivity index (χ4n) is 2.24. The second-order valence-corrected chi connectivity index (χ2v) is 5.84. The lowest BCUT2D eigenvalue weighted by atomic mass is 10.1. The highest BCUT2D eigenvalue weighted by atomic mass is 16.5. The number of nitrogens with one attached hydrogen (secondary N) is 2. The first-order chi connectivity index (χ1) is 12.9. The molecule has 0 radical (unpaired) electrons. The van der Waals surface area contributed by atoms with Gasteiger partial charge in [0.1, 0.15) is 18.6 Å². The Hall–Kier alpha value is -1.27. The van der Waals surface area contributed by atoms with Crippen LogP contribution in [0.15, 0.2) is 11.8 Å². The highest BCUT2D eigenvalue weighted by molar-refractivity contribution is 5.76. The Bertz CT molecular complexity index is 408. The minimum Gasteiger partial charge on any atom is -0.492 e. The summed E-state index contributed by atoms with van der Waals surface area (Å²) < 4.78 is 10.3. The molecule has 8 N–H and O–H groups in total. The molecule has 0 rings (SSSR count). The predicted octanol–water partition coefficient (Wildman–Crippen LogP) is -1.86. The van der Waals surface area contributed by atoms with Crippen LogP contribution in [0.2, 0.25) is 0 Å². The van der Waals surface area contributed by atoms with E-state index in [9.17, 15) is 9.90 Å². The normalized spacial score (nSPS) is 14.3. The van der Waals surface area contributed by atoms with Gasteiger partial charge in [0.25, 0.3) is 0 Å². The maximum Gasteiger partial charge on any atom is 0.222 e. The van der Waals surface area contributed by atoms with Crippen LogP contribution in [0.25, 0.3) is 0 Å². The van der Waals surface area contributed by atoms with Gasteiger partial charge in [-0.25, -0.2) is 0 Å². The molecule has 0 aromatic carbocycles. The Balaban J connectivity index is 4.49. The molecule has 10 nitrogen and oxygen atoms in total. The minimum atomic E-state index is -1.57. The number of rotatable bonds is 17. The fourth-order valence-corrected chi connectivity index (χ4v) is 2.24. The van der Waals surface area contributed by atoms with E-state index in [1.165, 1.54) is 0 Å². The van der Waals surface area contributed by atoms with Crippen molar-refractivity contribution in [3.8, 4) is 0 Å². The Morgan fingerprint density at radius 2 is 2.04 bits per heavy atom. The Morgan fingerprint density at radius 3 is 2.63 bits per heavy atom. The van der Waals surface area contributed by atoms with Gasteiger partial charge in [-0.2, -0.15) is 0 Å². The van der Waals surface area contributed by atoms with Crippen LogP contribution in [0, 0.1) is 0 Å². The van der Waals surface area contributed by atoms with E-state index in [2.05, 4.69) is 10.6 Å². The van der Waals surface area contributed by atoms with Gasteiger partial charge in [0, 0.05) is 19.6 Å². The molecule has 0 spiro atoms. The largest absolute Gasteiger partial charge is 0.492 e. The third kappa shape index (κ3) is 14.5. The van der Waals surface area contributed by atoms with Gasteiger partial charge in [0.2, 0.25) is 5.91 Å². The van der Waals surface area contributed by atoms with Crippen LogP contribution >= 0.6 is 0 Å². The topological polar surface area (TPSA) is 167 Å². The summed E-state index contributed by atoms with van der Waals surface area (Å²) in [5.41, 5.74) is 5.53. The monoisotopic (exact) mass is 393 g/mol. The van der Waals surface area contributed by atoms with Gasteiger partial charge in [-0.1, -0.05) is 0 Å². The summed E-state index contributed by atoms with van der Waals surface area (Å²) in [6.45, 7) is 2.64. The van der Waals surface area contributed by atoms with Crippen LogP contribution in [-0.2, 0) is 14.3 Å². The quantitative estimate of drug-likeness (QED) is 0.0851. The van der Waals surface area contributed by atoms with Crippen molar-refractivity contribution in [1.29, 1.82) is 0 Å². The van der Waals surface area contributed by atoms with Crippen LogP contribution in [0.5, 0.6) is 0 Å².